The van der Waals surface area contributed by atoms with Crippen molar-refractivity contribution in [1.82, 2.24) is 5.32 Å². The van der Waals surface area contributed by atoms with Gasteiger partial charge in [-0.15, -0.1) is 0 Å². The van der Waals surface area contributed by atoms with Crippen LogP contribution in [0.1, 0.15) is 36.1 Å². The van der Waals surface area contributed by atoms with Crippen molar-refractivity contribution in [2.75, 3.05) is 13.7 Å². The minimum atomic E-state index is -0.577. The molecule has 0 radical (unpaired) electrons. The van der Waals surface area contributed by atoms with Crippen LogP contribution in [0.25, 0.3) is 6.08 Å². The lowest BCUT2D eigenvalue weighted by atomic mass is 10.0. The monoisotopic (exact) mass is 387 g/mol. The van der Waals surface area contributed by atoms with Gasteiger partial charge in [0.05, 0.1) is 13.2 Å². The van der Waals surface area contributed by atoms with Crippen molar-refractivity contribution >= 4 is 23.6 Å². The van der Waals surface area contributed by atoms with Gasteiger partial charge in [0, 0.05) is 23.7 Å². The second-order valence-corrected chi connectivity index (χ2v) is 6.95. The van der Waals surface area contributed by atoms with Crippen LogP contribution in [-0.2, 0) is 16.0 Å². The van der Waals surface area contributed by atoms with Gasteiger partial charge in [-0.25, -0.2) is 4.79 Å². The fraction of sp³-hybridized carbons (Fsp3) is 0.318. The van der Waals surface area contributed by atoms with E-state index in [0.29, 0.717) is 11.6 Å². The number of carbonyl (C=O) groups excluding carboxylic acids is 1. The Hall–Kier alpha value is -2.14. The molecule has 0 heterocycles. The van der Waals surface area contributed by atoms with Crippen LogP contribution in [0.15, 0.2) is 54.6 Å². The van der Waals surface area contributed by atoms with Gasteiger partial charge in [0.15, 0.2) is 0 Å². The number of hydrogen-bond acceptors (Lipinski definition) is 4. The number of aliphatic hydroxyl groups excluding tert-OH is 1. The van der Waals surface area contributed by atoms with Crippen LogP contribution in [0.3, 0.4) is 0 Å². The molecule has 0 aliphatic rings. The highest BCUT2D eigenvalue weighted by Crippen LogP contribution is 2.17. The van der Waals surface area contributed by atoms with E-state index in [1.54, 1.807) is 18.2 Å². The van der Waals surface area contributed by atoms with Crippen LogP contribution in [0.2, 0.25) is 5.02 Å². The second-order valence-electron chi connectivity index (χ2n) is 6.52. The molecule has 144 valence electrons. The lowest BCUT2D eigenvalue weighted by molar-refractivity contribution is -0.134. The number of aliphatic hydroxyl groups is 1. The number of ether oxygens (including phenoxy) is 1. The highest BCUT2D eigenvalue weighted by atomic mass is 35.5. The zero-order valence-electron chi connectivity index (χ0n) is 15.7. The summed E-state index contributed by atoms with van der Waals surface area (Å²) in [4.78, 5) is 11.1. The Morgan fingerprint density at radius 2 is 2.00 bits per heavy atom. The number of halogens is 1. The van der Waals surface area contributed by atoms with Gasteiger partial charge in [0.1, 0.15) is 0 Å². The van der Waals surface area contributed by atoms with Crippen molar-refractivity contribution in [2.45, 2.75) is 31.9 Å². The quantitative estimate of drug-likeness (QED) is 0.500. The van der Waals surface area contributed by atoms with E-state index >= 15 is 0 Å². The number of benzene rings is 2. The van der Waals surface area contributed by atoms with Gasteiger partial charge in [-0.1, -0.05) is 48.0 Å². The Morgan fingerprint density at radius 3 is 2.67 bits per heavy atom. The maximum Gasteiger partial charge on any atom is 0.330 e. The summed E-state index contributed by atoms with van der Waals surface area (Å²) in [7, 11) is 1.36. The zero-order valence-corrected chi connectivity index (χ0v) is 16.4. The van der Waals surface area contributed by atoms with Crippen molar-refractivity contribution in [1.29, 1.82) is 0 Å². The summed E-state index contributed by atoms with van der Waals surface area (Å²) < 4.78 is 4.58. The van der Waals surface area contributed by atoms with Crippen molar-refractivity contribution in [3.8, 4) is 0 Å². The summed E-state index contributed by atoms with van der Waals surface area (Å²) in [5, 5.41) is 14.3. The molecular formula is C22H26ClNO3. The summed E-state index contributed by atoms with van der Waals surface area (Å²) in [5.74, 6) is -0.362. The van der Waals surface area contributed by atoms with Gasteiger partial charge in [0.25, 0.3) is 0 Å². The van der Waals surface area contributed by atoms with Crippen molar-refractivity contribution in [3.63, 3.8) is 0 Å². The molecule has 2 aromatic carbocycles. The molecule has 2 aromatic rings. The van der Waals surface area contributed by atoms with Gasteiger partial charge >= 0.3 is 5.97 Å². The fourth-order valence-corrected chi connectivity index (χ4v) is 2.86. The summed E-state index contributed by atoms with van der Waals surface area (Å²) in [6.07, 6.45) is 4.46. The topological polar surface area (TPSA) is 58.6 Å². The average molecular weight is 388 g/mol. The second kappa shape index (κ2) is 10.9. The van der Waals surface area contributed by atoms with E-state index in [0.717, 1.165) is 24.0 Å². The molecule has 0 fully saturated rings. The molecule has 4 nitrogen and oxygen atoms in total. The number of methoxy groups -OCH3 is 1. The molecule has 0 amide bonds. The van der Waals surface area contributed by atoms with Crippen LogP contribution < -0.4 is 5.32 Å². The molecule has 0 spiro atoms. The first-order chi connectivity index (χ1) is 13.0. The lowest BCUT2D eigenvalue weighted by Crippen LogP contribution is -2.30. The smallest absolute Gasteiger partial charge is 0.330 e. The number of aryl methyl sites for hydroxylation is 1. The highest BCUT2D eigenvalue weighted by Gasteiger charge is 2.10. The number of esters is 1. The van der Waals surface area contributed by atoms with Crippen LogP contribution in [0, 0.1) is 0 Å². The maximum absolute atomic E-state index is 11.1. The van der Waals surface area contributed by atoms with Crippen LogP contribution in [-0.4, -0.2) is 30.8 Å². The Labute approximate surface area is 165 Å². The Kier molecular flexibility index (Phi) is 8.52. The zero-order chi connectivity index (χ0) is 19.6. The highest BCUT2D eigenvalue weighted by molar-refractivity contribution is 6.30. The van der Waals surface area contributed by atoms with Gasteiger partial charge in [-0.3, -0.25) is 0 Å². The molecule has 0 bridgehead atoms. The first-order valence-electron chi connectivity index (χ1n) is 9.00. The third-order valence-corrected chi connectivity index (χ3v) is 4.59. The third kappa shape index (κ3) is 7.55. The molecule has 0 aliphatic heterocycles. The first kappa shape index (κ1) is 21.2. The summed E-state index contributed by atoms with van der Waals surface area (Å²) >= 11 is 5.96. The predicted molar refractivity (Wildman–Crippen MR) is 110 cm³/mol. The molecule has 2 atom stereocenters. The summed E-state index contributed by atoms with van der Waals surface area (Å²) in [6, 6.07) is 15.7. The van der Waals surface area contributed by atoms with Gasteiger partial charge in [0.2, 0.25) is 0 Å². The van der Waals surface area contributed by atoms with Crippen LogP contribution in [0.4, 0.5) is 0 Å². The molecule has 2 rings (SSSR count). The van der Waals surface area contributed by atoms with E-state index in [1.165, 1.54) is 18.7 Å². The molecule has 2 unspecified atom stereocenters. The normalized spacial score (nSPS) is 13.5. The molecule has 0 saturated carbocycles. The molecule has 2 N–H and O–H groups in total. The van der Waals surface area contributed by atoms with Gasteiger partial charge in [-0.05, 0) is 54.7 Å². The Balaban J connectivity index is 1.75. The van der Waals surface area contributed by atoms with Crippen LogP contribution >= 0.6 is 11.6 Å². The van der Waals surface area contributed by atoms with E-state index in [9.17, 15) is 9.90 Å². The van der Waals surface area contributed by atoms with Gasteiger partial charge < -0.3 is 15.2 Å². The number of hydrogen-bond donors (Lipinski definition) is 2. The molecular weight excluding hydrogens is 362 g/mol. The van der Waals surface area contributed by atoms with Gasteiger partial charge in [-0.2, -0.15) is 0 Å². The summed E-state index contributed by atoms with van der Waals surface area (Å²) in [5.41, 5.74) is 3.01. The molecule has 0 aliphatic carbocycles. The molecule has 0 saturated heterocycles. The van der Waals surface area contributed by atoms with Crippen molar-refractivity contribution in [3.05, 3.63) is 76.3 Å². The minimum Gasteiger partial charge on any atom is -0.466 e. The van der Waals surface area contributed by atoms with E-state index < -0.39 is 6.10 Å². The SMILES string of the molecule is COC(=O)/C=C/c1ccc(CCC(C)NCC(O)c2cccc(Cl)c2)cc1. The number of nitrogens with one attached hydrogen (secondary N) is 1. The van der Waals surface area contributed by atoms with Crippen molar-refractivity contribution in [2.24, 2.45) is 0 Å². The maximum atomic E-state index is 11.1. The predicted octanol–water partition coefficient (Wildman–Crippen LogP) is 4.17. The Morgan fingerprint density at radius 1 is 1.26 bits per heavy atom. The van der Waals surface area contributed by atoms with Crippen LogP contribution in [0.5, 0.6) is 0 Å². The van der Waals surface area contributed by atoms with E-state index in [2.05, 4.69) is 29.1 Å². The number of carbonyl (C=O) groups is 1. The Bertz CT molecular complexity index is 758. The summed E-state index contributed by atoms with van der Waals surface area (Å²) in [6.45, 7) is 2.59. The van der Waals surface area contributed by atoms with E-state index in [4.69, 9.17) is 11.6 Å². The number of rotatable bonds is 9. The minimum absolute atomic E-state index is 0.276. The lowest BCUT2D eigenvalue weighted by Gasteiger charge is -2.17. The van der Waals surface area contributed by atoms with Crippen molar-refractivity contribution < 1.29 is 14.6 Å². The third-order valence-electron chi connectivity index (χ3n) is 4.35. The molecule has 0 aromatic heterocycles. The van der Waals surface area contributed by atoms with E-state index in [1.807, 2.05) is 24.3 Å². The molecule has 5 heteroatoms. The van der Waals surface area contributed by atoms with E-state index in [-0.39, 0.29) is 12.0 Å². The first-order valence-corrected chi connectivity index (χ1v) is 9.37. The average Bonchev–Trinajstić information content (AvgIpc) is 2.69. The fourth-order valence-electron chi connectivity index (χ4n) is 2.66. The largest absolute Gasteiger partial charge is 0.466 e. The molecule has 27 heavy (non-hydrogen) atoms. The standard InChI is InChI=1S/C22H26ClNO3/c1-16(24-15-21(25)19-4-3-5-20(23)14-19)6-7-17-8-10-18(11-9-17)12-13-22(26)27-2/h3-5,8-14,16,21,24-25H,6-7,15H2,1-2H3/b13-12+.